The van der Waals surface area contributed by atoms with E-state index in [1.54, 1.807) is 6.92 Å². The minimum Gasteiger partial charge on any atom is -0.301 e. The van der Waals surface area contributed by atoms with Crippen LogP contribution in [0.1, 0.15) is 13.3 Å². The molecule has 4 nitrogen and oxygen atoms in total. The van der Waals surface area contributed by atoms with E-state index in [0.717, 1.165) is 16.0 Å². The van der Waals surface area contributed by atoms with Crippen LogP contribution >= 0.6 is 23.1 Å². The Morgan fingerprint density at radius 3 is 2.82 bits per heavy atom. The standard InChI is InChI=1S/C16H14N2O2S2/c1-10(19)7-8-21-16-17-14(20)13-12(9-22-15(13)18-16)11-5-3-2-4-6-11/h2-6,9H,7-8H2,1H3,(H,17,18,20). The SMILES string of the molecule is CC(=O)CCSc1nc2scc(-c3ccccc3)c2c(=O)[nH]1. The van der Waals surface area contributed by atoms with Gasteiger partial charge in [0.15, 0.2) is 5.16 Å². The fourth-order valence-electron chi connectivity index (χ4n) is 2.12. The predicted octanol–water partition coefficient (Wildman–Crippen LogP) is 3.72. The second-order valence-corrected chi connectivity index (χ2v) is 6.81. The number of hydrogen-bond donors (Lipinski definition) is 1. The van der Waals surface area contributed by atoms with Gasteiger partial charge >= 0.3 is 0 Å². The van der Waals surface area contributed by atoms with Crippen LogP contribution in [-0.4, -0.2) is 21.5 Å². The van der Waals surface area contributed by atoms with Crippen molar-refractivity contribution >= 4 is 39.1 Å². The zero-order valence-corrected chi connectivity index (χ0v) is 13.6. The van der Waals surface area contributed by atoms with E-state index in [-0.39, 0.29) is 11.3 Å². The van der Waals surface area contributed by atoms with E-state index in [0.29, 0.717) is 22.7 Å². The van der Waals surface area contributed by atoms with Crippen LogP contribution in [0.2, 0.25) is 0 Å². The summed E-state index contributed by atoms with van der Waals surface area (Å²) in [7, 11) is 0. The summed E-state index contributed by atoms with van der Waals surface area (Å²) in [5.74, 6) is 0.763. The van der Waals surface area contributed by atoms with Gasteiger partial charge in [-0.2, -0.15) is 0 Å². The average Bonchev–Trinajstić information content (AvgIpc) is 2.92. The van der Waals surface area contributed by atoms with E-state index in [1.807, 2.05) is 35.7 Å². The Bertz CT molecular complexity index is 869. The number of Topliss-reactive ketones (excluding diaryl/α,β-unsaturated/α-hetero) is 1. The first-order valence-electron chi connectivity index (χ1n) is 6.84. The lowest BCUT2D eigenvalue weighted by atomic mass is 10.1. The molecule has 1 aromatic carbocycles. The van der Waals surface area contributed by atoms with Crippen LogP contribution in [0.5, 0.6) is 0 Å². The molecular formula is C16H14N2O2S2. The summed E-state index contributed by atoms with van der Waals surface area (Å²) in [5.41, 5.74) is 1.79. The number of fused-ring (bicyclic) bond motifs is 1. The number of thiophene rings is 1. The fraction of sp³-hybridized carbons (Fsp3) is 0.188. The molecule has 0 radical (unpaired) electrons. The van der Waals surface area contributed by atoms with E-state index in [2.05, 4.69) is 9.97 Å². The number of aromatic amines is 1. The number of nitrogens with one attached hydrogen (secondary N) is 1. The molecule has 0 saturated carbocycles. The molecule has 1 N–H and O–H groups in total. The monoisotopic (exact) mass is 330 g/mol. The number of thioether (sulfide) groups is 1. The van der Waals surface area contributed by atoms with E-state index in [9.17, 15) is 9.59 Å². The third-order valence-corrected chi connectivity index (χ3v) is 4.95. The zero-order valence-electron chi connectivity index (χ0n) is 12.0. The van der Waals surface area contributed by atoms with Crippen LogP contribution in [0.4, 0.5) is 0 Å². The van der Waals surface area contributed by atoms with Gasteiger partial charge < -0.3 is 4.98 Å². The lowest BCUT2D eigenvalue weighted by Gasteiger charge is -2.01. The number of carbonyl (C=O) groups is 1. The van der Waals surface area contributed by atoms with Gasteiger partial charge in [0.1, 0.15) is 10.6 Å². The van der Waals surface area contributed by atoms with Crippen molar-refractivity contribution in [2.45, 2.75) is 18.5 Å². The van der Waals surface area contributed by atoms with Crippen molar-refractivity contribution in [3.63, 3.8) is 0 Å². The predicted molar refractivity (Wildman–Crippen MR) is 91.7 cm³/mol. The zero-order chi connectivity index (χ0) is 15.5. The van der Waals surface area contributed by atoms with Crippen LogP contribution in [-0.2, 0) is 4.79 Å². The Morgan fingerprint density at radius 1 is 1.32 bits per heavy atom. The molecule has 22 heavy (non-hydrogen) atoms. The van der Waals surface area contributed by atoms with Gasteiger partial charge in [0.25, 0.3) is 5.56 Å². The van der Waals surface area contributed by atoms with Crippen molar-refractivity contribution in [1.82, 2.24) is 9.97 Å². The van der Waals surface area contributed by atoms with Crippen LogP contribution in [0.25, 0.3) is 21.3 Å². The first-order valence-corrected chi connectivity index (χ1v) is 8.71. The number of aromatic nitrogens is 2. The number of benzene rings is 1. The lowest BCUT2D eigenvalue weighted by Crippen LogP contribution is -2.09. The van der Waals surface area contributed by atoms with E-state index in [4.69, 9.17) is 0 Å². The molecule has 0 unspecified atom stereocenters. The van der Waals surface area contributed by atoms with Crippen molar-refractivity contribution in [2.75, 3.05) is 5.75 Å². The van der Waals surface area contributed by atoms with Crippen molar-refractivity contribution in [1.29, 1.82) is 0 Å². The Kier molecular flexibility index (Phi) is 4.40. The molecule has 0 aliphatic carbocycles. The molecule has 0 aliphatic heterocycles. The molecule has 2 heterocycles. The van der Waals surface area contributed by atoms with Gasteiger partial charge in [-0.3, -0.25) is 9.59 Å². The quantitative estimate of drug-likeness (QED) is 0.572. The summed E-state index contributed by atoms with van der Waals surface area (Å²) in [4.78, 5) is 31.4. The summed E-state index contributed by atoms with van der Waals surface area (Å²) in [6.45, 7) is 1.56. The smallest absolute Gasteiger partial charge is 0.260 e. The van der Waals surface area contributed by atoms with Crippen molar-refractivity contribution in [2.24, 2.45) is 0 Å². The van der Waals surface area contributed by atoms with Gasteiger partial charge in [-0.1, -0.05) is 42.1 Å². The summed E-state index contributed by atoms with van der Waals surface area (Å²) in [6, 6.07) is 9.82. The molecule has 0 amide bonds. The lowest BCUT2D eigenvalue weighted by molar-refractivity contribution is -0.116. The molecule has 0 saturated heterocycles. The topological polar surface area (TPSA) is 62.8 Å². The summed E-state index contributed by atoms with van der Waals surface area (Å²) < 4.78 is 0. The number of nitrogens with zero attached hydrogens (tertiary/aromatic N) is 1. The highest BCUT2D eigenvalue weighted by Crippen LogP contribution is 2.31. The first-order chi connectivity index (χ1) is 10.6. The molecule has 0 spiro atoms. The largest absolute Gasteiger partial charge is 0.301 e. The number of carbonyl (C=O) groups excluding carboxylic acids is 1. The van der Waals surface area contributed by atoms with Gasteiger partial charge in [-0.15, -0.1) is 11.3 Å². The molecular weight excluding hydrogens is 316 g/mol. The van der Waals surface area contributed by atoms with Crippen molar-refractivity contribution in [3.05, 3.63) is 46.1 Å². The van der Waals surface area contributed by atoms with Gasteiger partial charge in [-0.05, 0) is 12.5 Å². The molecule has 0 fully saturated rings. The van der Waals surface area contributed by atoms with E-state index < -0.39 is 0 Å². The maximum Gasteiger partial charge on any atom is 0.260 e. The molecule has 6 heteroatoms. The number of hydrogen-bond acceptors (Lipinski definition) is 5. The highest BCUT2D eigenvalue weighted by Gasteiger charge is 2.12. The second-order valence-electron chi connectivity index (χ2n) is 4.87. The highest BCUT2D eigenvalue weighted by molar-refractivity contribution is 7.99. The van der Waals surface area contributed by atoms with E-state index in [1.165, 1.54) is 23.1 Å². The molecule has 0 bridgehead atoms. The molecule has 0 atom stereocenters. The van der Waals surface area contributed by atoms with Crippen molar-refractivity contribution < 1.29 is 4.79 Å². The Balaban J connectivity index is 1.96. The highest BCUT2D eigenvalue weighted by atomic mass is 32.2. The number of rotatable bonds is 5. The van der Waals surface area contributed by atoms with Gasteiger partial charge in [0, 0.05) is 23.1 Å². The van der Waals surface area contributed by atoms with Crippen LogP contribution in [0, 0.1) is 0 Å². The third-order valence-electron chi connectivity index (χ3n) is 3.20. The minimum absolute atomic E-state index is 0.129. The second kappa shape index (κ2) is 6.46. The Morgan fingerprint density at radius 2 is 2.09 bits per heavy atom. The first kappa shape index (κ1) is 15.0. The molecule has 3 rings (SSSR count). The van der Waals surface area contributed by atoms with Crippen LogP contribution < -0.4 is 5.56 Å². The molecule has 0 aliphatic rings. The van der Waals surface area contributed by atoms with E-state index >= 15 is 0 Å². The molecule has 2 aromatic heterocycles. The molecule has 112 valence electrons. The number of ketones is 1. The van der Waals surface area contributed by atoms with Crippen LogP contribution in [0.15, 0.2) is 45.7 Å². The third kappa shape index (κ3) is 3.13. The Labute approximate surface area is 135 Å². The Hall–Kier alpha value is -1.92. The van der Waals surface area contributed by atoms with Gasteiger partial charge in [0.05, 0.1) is 5.39 Å². The normalized spacial score (nSPS) is 11.0. The average molecular weight is 330 g/mol. The summed E-state index contributed by atoms with van der Waals surface area (Å²) in [5, 5.41) is 3.17. The van der Waals surface area contributed by atoms with Gasteiger partial charge in [-0.25, -0.2) is 4.98 Å². The van der Waals surface area contributed by atoms with Crippen LogP contribution in [0.3, 0.4) is 0 Å². The fourth-order valence-corrected chi connectivity index (χ4v) is 4.03. The van der Waals surface area contributed by atoms with Gasteiger partial charge in [0.2, 0.25) is 0 Å². The van der Waals surface area contributed by atoms with Crippen molar-refractivity contribution in [3.8, 4) is 11.1 Å². The number of H-pyrrole nitrogens is 1. The minimum atomic E-state index is -0.129. The maximum absolute atomic E-state index is 12.4. The summed E-state index contributed by atoms with van der Waals surface area (Å²) in [6.07, 6.45) is 0.478. The maximum atomic E-state index is 12.4. The molecule has 3 aromatic rings. The summed E-state index contributed by atoms with van der Waals surface area (Å²) >= 11 is 2.87.